The Morgan fingerprint density at radius 2 is 0.565 bits per heavy atom. The average molecular weight is 717 g/mol. The number of thioether (sulfide) groups is 3. The predicted octanol–water partition coefficient (Wildman–Crippen LogP) is 6.46. The van der Waals surface area contributed by atoms with Crippen molar-refractivity contribution < 1.29 is 42.4 Å². The summed E-state index contributed by atoms with van der Waals surface area (Å²) < 4.78 is 51.2. The Balaban J connectivity index is 3.95. The van der Waals surface area contributed by atoms with Crippen LogP contribution in [-0.2, 0) is 42.4 Å². The number of hydrogen-bond acceptors (Lipinski definition) is 12. The van der Waals surface area contributed by atoms with E-state index in [9.17, 15) is 0 Å². The monoisotopic (exact) mass is 716 g/mol. The van der Waals surface area contributed by atoms with Crippen LogP contribution in [0.5, 0.6) is 0 Å². The first-order valence-corrected chi connectivity index (χ1v) is 20.9. The lowest BCUT2D eigenvalue weighted by Crippen LogP contribution is -2.32. The molecule has 0 aliphatic rings. The second-order valence-electron chi connectivity index (χ2n) is 12.0. The van der Waals surface area contributed by atoms with Crippen molar-refractivity contribution in [3.63, 3.8) is 0 Å². The first-order valence-electron chi connectivity index (χ1n) is 17.5. The van der Waals surface area contributed by atoms with Gasteiger partial charge < -0.3 is 42.4 Å². The van der Waals surface area contributed by atoms with E-state index in [4.69, 9.17) is 42.4 Å². The van der Waals surface area contributed by atoms with Crippen LogP contribution in [0, 0.1) is 17.8 Å². The highest BCUT2D eigenvalue weighted by Gasteiger charge is 2.21. The molecule has 0 amide bonds. The van der Waals surface area contributed by atoms with Crippen molar-refractivity contribution in [1.82, 2.24) is 0 Å². The van der Waals surface area contributed by atoms with Crippen LogP contribution in [0.3, 0.4) is 0 Å². The molecule has 46 heavy (non-hydrogen) atoms. The maximum absolute atomic E-state index is 5.77. The molecule has 0 aliphatic carbocycles. The van der Waals surface area contributed by atoms with Gasteiger partial charge in [-0.3, -0.25) is 0 Å². The van der Waals surface area contributed by atoms with Gasteiger partial charge in [0.2, 0.25) is 0 Å². The molecule has 0 aromatic rings. The van der Waals surface area contributed by atoms with Gasteiger partial charge in [0.1, 0.15) is 0 Å². The fraction of sp³-hybridized carbons (Fsp3) is 1.00. The molecule has 0 saturated heterocycles. The van der Waals surface area contributed by atoms with Gasteiger partial charge in [-0.2, -0.15) is 35.3 Å². The van der Waals surface area contributed by atoms with Crippen molar-refractivity contribution >= 4 is 42.6 Å². The van der Waals surface area contributed by atoms with Crippen LogP contribution in [0.15, 0.2) is 0 Å². The standard InChI is InChI=1S/C33H69BO9S3/c1-31(2)7-25-44-28-22-38-13-10-35-16-19-41-34(42-20-17-36-11-14-39-23-29-45-26-8-32(3)4)43-21-18-37-12-15-40-24-30-46-27-9-33(5)6/h31-33H,7-30H2,1-6H3. The maximum Gasteiger partial charge on any atom is 0.639 e. The third-order valence-electron chi connectivity index (χ3n) is 6.20. The van der Waals surface area contributed by atoms with Crippen LogP contribution in [0.4, 0.5) is 0 Å². The van der Waals surface area contributed by atoms with Crippen molar-refractivity contribution in [2.24, 2.45) is 17.8 Å². The van der Waals surface area contributed by atoms with Crippen LogP contribution < -0.4 is 0 Å². The van der Waals surface area contributed by atoms with Crippen LogP contribution in [0.2, 0.25) is 0 Å². The quantitative estimate of drug-likeness (QED) is 0.0518. The number of ether oxygens (including phenoxy) is 6. The van der Waals surface area contributed by atoms with Gasteiger partial charge in [-0.1, -0.05) is 41.5 Å². The minimum Gasteiger partial charge on any atom is -0.383 e. The van der Waals surface area contributed by atoms with Crippen molar-refractivity contribution in [2.45, 2.75) is 60.8 Å². The van der Waals surface area contributed by atoms with E-state index in [0.29, 0.717) is 79.3 Å². The van der Waals surface area contributed by atoms with Crippen LogP contribution in [0.25, 0.3) is 0 Å². The molecule has 9 nitrogen and oxygen atoms in total. The van der Waals surface area contributed by atoms with Gasteiger partial charge in [0, 0.05) is 17.3 Å². The smallest absolute Gasteiger partial charge is 0.383 e. The zero-order chi connectivity index (χ0) is 33.8. The van der Waals surface area contributed by atoms with Gasteiger partial charge in [-0.15, -0.1) is 0 Å². The van der Waals surface area contributed by atoms with Crippen molar-refractivity contribution in [1.29, 1.82) is 0 Å². The first kappa shape index (κ1) is 46.8. The summed E-state index contributed by atoms with van der Waals surface area (Å²) in [5.74, 6) is 8.92. The fourth-order valence-electron chi connectivity index (χ4n) is 3.34. The molecule has 0 N–H and O–H groups in total. The topological polar surface area (TPSA) is 83.1 Å². The Morgan fingerprint density at radius 3 is 0.826 bits per heavy atom. The molecular formula is C33H69BO9S3. The lowest BCUT2D eigenvalue weighted by molar-refractivity contribution is -0.000606. The Hall–Kier alpha value is 0.755. The highest BCUT2D eigenvalue weighted by atomic mass is 32.2. The molecule has 0 rings (SSSR count). The predicted molar refractivity (Wildman–Crippen MR) is 199 cm³/mol. The molecule has 0 atom stereocenters. The molecule has 0 heterocycles. The second kappa shape index (κ2) is 38.6. The molecule has 0 radical (unpaired) electrons. The molecular weight excluding hydrogens is 647 g/mol. The lowest BCUT2D eigenvalue weighted by Gasteiger charge is -2.15. The minimum atomic E-state index is -0.812. The van der Waals surface area contributed by atoms with Gasteiger partial charge in [-0.25, -0.2) is 0 Å². The van der Waals surface area contributed by atoms with Crippen LogP contribution in [-0.4, -0.2) is 141 Å². The first-order chi connectivity index (χ1) is 22.4. The van der Waals surface area contributed by atoms with Gasteiger partial charge in [0.25, 0.3) is 0 Å². The van der Waals surface area contributed by atoms with Crippen molar-refractivity contribution in [3.8, 4) is 0 Å². The second-order valence-corrected chi connectivity index (χ2v) is 15.6. The van der Waals surface area contributed by atoms with Crippen molar-refractivity contribution in [2.75, 3.05) is 134 Å². The molecule has 13 heteroatoms. The third-order valence-corrected chi connectivity index (χ3v) is 9.13. The van der Waals surface area contributed by atoms with E-state index in [0.717, 1.165) is 54.8 Å². The molecule has 0 unspecified atom stereocenters. The van der Waals surface area contributed by atoms with Crippen LogP contribution >= 0.6 is 35.3 Å². The molecule has 0 aliphatic heterocycles. The number of rotatable bonds is 39. The Morgan fingerprint density at radius 1 is 0.326 bits per heavy atom. The summed E-state index contributed by atoms with van der Waals surface area (Å²) in [6.45, 7) is 21.5. The average Bonchev–Trinajstić information content (AvgIpc) is 3.01. The van der Waals surface area contributed by atoms with Gasteiger partial charge in [0.15, 0.2) is 0 Å². The summed E-state index contributed by atoms with van der Waals surface area (Å²) in [5.41, 5.74) is 0. The van der Waals surface area contributed by atoms with Gasteiger partial charge >= 0.3 is 7.32 Å². The SMILES string of the molecule is CC(C)CCSCCOCCOCCOB(OCCOCCOCCSCCC(C)C)OCCOCCOCCSCCC(C)C. The Bertz CT molecular complexity index is 508. The van der Waals surface area contributed by atoms with E-state index >= 15 is 0 Å². The summed E-state index contributed by atoms with van der Waals surface area (Å²) in [7, 11) is -0.812. The molecule has 276 valence electrons. The van der Waals surface area contributed by atoms with Gasteiger partial charge in [-0.05, 0) is 54.3 Å². The van der Waals surface area contributed by atoms with E-state index in [1.807, 2.05) is 35.3 Å². The summed E-state index contributed by atoms with van der Waals surface area (Å²) in [4.78, 5) is 0. The van der Waals surface area contributed by atoms with E-state index < -0.39 is 7.32 Å². The molecule has 0 spiro atoms. The summed E-state index contributed by atoms with van der Waals surface area (Å²) >= 11 is 5.83. The Labute approximate surface area is 296 Å². The van der Waals surface area contributed by atoms with Crippen LogP contribution in [0.1, 0.15) is 60.8 Å². The highest BCUT2D eigenvalue weighted by Crippen LogP contribution is 2.10. The molecule has 0 aromatic carbocycles. The highest BCUT2D eigenvalue weighted by molar-refractivity contribution is 7.99. The molecule has 0 saturated carbocycles. The third kappa shape index (κ3) is 40.9. The molecule has 0 aromatic heterocycles. The summed E-state index contributed by atoms with van der Waals surface area (Å²) in [6, 6.07) is 0. The van der Waals surface area contributed by atoms with Crippen molar-refractivity contribution in [3.05, 3.63) is 0 Å². The molecule has 0 fully saturated rings. The zero-order valence-electron chi connectivity index (χ0n) is 30.2. The van der Waals surface area contributed by atoms with E-state index in [1.165, 1.54) is 36.5 Å². The summed E-state index contributed by atoms with van der Waals surface area (Å²) in [6.07, 6.45) is 3.76. The number of hydrogen-bond donors (Lipinski definition) is 0. The zero-order valence-corrected chi connectivity index (χ0v) is 32.6. The van der Waals surface area contributed by atoms with E-state index in [1.54, 1.807) is 0 Å². The summed E-state index contributed by atoms with van der Waals surface area (Å²) in [5, 5.41) is 0. The van der Waals surface area contributed by atoms with E-state index in [2.05, 4.69) is 41.5 Å². The largest absolute Gasteiger partial charge is 0.639 e. The minimum absolute atomic E-state index is 0.351. The lowest BCUT2D eigenvalue weighted by atomic mass is 10.2. The normalized spacial score (nSPS) is 11.9. The maximum atomic E-state index is 5.77. The van der Waals surface area contributed by atoms with Gasteiger partial charge in [0.05, 0.1) is 99.1 Å². The molecule has 0 bridgehead atoms. The van der Waals surface area contributed by atoms with E-state index in [-0.39, 0.29) is 0 Å². The fourth-order valence-corrected chi connectivity index (χ4v) is 6.57. The Kier molecular flexibility index (Phi) is 39.2.